The molecule has 1 unspecified atom stereocenters. The van der Waals surface area contributed by atoms with Crippen molar-refractivity contribution in [3.8, 4) is 5.75 Å². The number of aryl methyl sites for hydroxylation is 1. The highest BCUT2D eigenvalue weighted by Crippen LogP contribution is 2.21. The quantitative estimate of drug-likeness (QED) is 0.759. The summed E-state index contributed by atoms with van der Waals surface area (Å²) in [6.07, 6.45) is 1.38. The first kappa shape index (κ1) is 16.0. The number of rotatable bonds is 3. The van der Waals surface area contributed by atoms with Crippen molar-refractivity contribution in [1.29, 1.82) is 0 Å². The van der Waals surface area contributed by atoms with Crippen LogP contribution in [0.5, 0.6) is 5.75 Å². The van der Waals surface area contributed by atoms with E-state index in [0.29, 0.717) is 11.3 Å². The Hall–Kier alpha value is -2.41. The number of halogens is 1. The van der Waals surface area contributed by atoms with Gasteiger partial charge in [0.05, 0.1) is 15.7 Å². The number of urea groups is 1. The van der Waals surface area contributed by atoms with Crippen molar-refractivity contribution in [1.82, 2.24) is 0 Å². The average Bonchev–Trinajstić information content (AvgIpc) is 2.42. The molecule has 3 N–H and O–H groups in total. The zero-order chi connectivity index (χ0) is 16.3. The molecule has 0 aliphatic carbocycles. The molecule has 0 saturated heterocycles. The lowest BCUT2D eigenvalue weighted by Gasteiger charge is -2.09. The van der Waals surface area contributed by atoms with Gasteiger partial charge in [-0.1, -0.05) is 0 Å². The van der Waals surface area contributed by atoms with Crippen molar-refractivity contribution in [2.24, 2.45) is 0 Å². The normalized spacial score (nSPS) is 11.8. The minimum Gasteiger partial charge on any atom is -0.508 e. The van der Waals surface area contributed by atoms with E-state index in [1.807, 2.05) is 0 Å². The summed E-state index contributed by atoms with van der Waals surface area (Å²) in [4.78, 5) is 11.9. The molecule has 2 aromatic carbocycles. The number of anilines is 2. The average molecular weight is 322 g/mol. The maximum Gasteiger partial charge on any atom is 0.323 e. The van der Waals surface area contributed by atoms with E-state index in [9.17, 15) is 18.5 Å². The highest BCUT2D eigenvalue weighted by Gasteiger charge is 2.09. The van der Waals surface area contributed by atoms with Crippen LogP contribution in [-0.2, 0) is 10.8 Å². The van der Waals surface area contributed by atoms with Crippen molar-refractivity contribution >= 4 is 28.2 Å². The fourth-order valence-electron chi connectivity index (χ4n) is 1.84. The topological polar surface area (TPSA) is 78.4 Å². The van der Waals surface area contributed by atoms with Gasteiger partial charge in [-0.3, -0.25) is 4.21 Å². The number of benzene rings is 2. The van der Waals surface area contributed by atoms with Gasteiger partial charge >= 0.3 is 6.03 Å². The Labute approximate surface area is 129 Å². The molecule has 7 heteroatoms. The van der Waals surface area contributed by atoms with Gasteiger partial charge in [-0.05, 0) is 48.9 Å². The second-order valence-corrected chi connectivity index (χ2v) is 6.03. The molecule has 22 heavy (non-hydrogen) atoms. The van der Waals surface area contributed by atoms with Crippen molar-refractivity contribution < 1.29 is 18.5 Å². The van der Waals surface area contributed by atoms with Crippen molar-refractivity contribution in [3.05, 3.63) is 47.8 Å². The molecule has 2 amide bonds. The van der Waals surface area contributed by atoms with Crippen molar-refractivity contribution in [2.45, 2.75) is 11.8 Å². The Morgan fingerprint density at radius 1 is 1.14 bits per heavy atom. The van der Waals surface area contributed by atoms with E-state index in [2.05, 4.69) is 10.6 Å². The first-order valence-corrected chi connectivity index (χ1v) is 7.93. The van der Waals surface area contributed by atoms with Crippen LogP contribution in [0.25, 0.3) is 0 Å². The van der Waals surface area contributed by atoms with Gasteiger partial charge in [0.25, 0.3) is 0 Å². The molecule has 1 atom stereocenters. The third-order valence-corrected chi connectivity index (χ3v) is 3.90. The van der Waals surface area contributed by atoms with Gasteiger partial charge < -0.3 is 15.7 Å². The molecule has 2 rings (SSSR count). The smallest absolute Gasteiger partial charge is 0.323 e. The monoisotopic (exact) mass is 322 g/mol. The molecular formula is C15H15FN2O3S. The maximum atomic E-state index is 13.7. The van der Waals surface area contributed by atoms with Gasteiger partial charge in [0.15, 0.2) is 0 Å². The lowest BCUT2D eigenvalue weighted by molar-refractivity contribution is 0.262. The fourth-order valence-corrected chi connectivity index (χ4v) is 2.43. The van der Waals surface area contributed by atoms with Crippen molar-refractivity contribution in [2.75, 3.05) is 16.9 Å². The van der Waals surface area contributed by atoms with Gasteiger partial charge in [-0.15, -0.1) is 0 Å². The molecule has 0 fully saturated rings. The predicted molar refractivity (Wildman–Crippen MR) is 84.2 cm³/mol. The number of phenolic OH excluding ortho intramolecular Hbond substituents is 1. The van der Waals surface area contributed by atoms with E-state index in [1.54, 1.807) is 19.1 Å². The summed E-state index contributed by atoms with van der Waals surface area (Å²) in [6.45, 7) is 1.71. The molecule has 0 aromatic heterocycles. The molecule has 0 radical (unpaired) electrons. The van der Waals surface area contributed by atoms with E-state index in [1.165, 1.54) is 24.5 Å². The van der Waals surface area contributed by atoms with Gasteiger partial charge in [0.1, 0.15) is 11.6 Å². The number of carbonyl (C=O) groups is 1. The number of aromatic hydroxyl groups is 1. The number of hydrogen-bond donors (Lipinski definition) is 3. The molecule has 0 aliphatic heterocycles. The second-order valence-electron chi connectivity index (χ2n) is 4.68. The van der Waals surface area contributed by atoms with Crippen LogP contribution in [-0.4, -0.2) is 21.6 Å². The van der Waals surface area contributed by atoms with Crippen LogP contribution in [0.4, 0.5) is 20.6 Å². The fraction of sp³-hybridized carbons (Fsp3) is 0.133. The minimum atomic E-state index is -1.42. The lowest BCUT2D eigenvalue weighted by Crippen LogP contribution is -2.19. The van der Waals surface area contributed by atoms with E-state index in [-0.39, 0.29) is 16.3 Å². The number of nitrogens with one attached hydrogen (secondary N) is 2. The number of phenols is 1. The number of amides is 2. The first-order chi connectivity index (χ1) is 10.4. The van der Waals surface area contributed by atoms with Gasteiger partial charge in [-0.2, -0.15) is 0 Å². The first-order valence-electron chi connectivity index (χ1n) is 6.37. The van der Waals surface area contributed by atoms with Crippen LogP contribution in [0.3, 0.4) is 0 Å². The Morgan fingerprint density at radius 3 is 2.27 bits per heavy atom. The highest BCUT2D eigenvalue weighted by atomic mass is 32.2. The Balaban J connectivity index is 2.07. The van der Waals surface area contributed by atoms with Crippen LogP contribution in [0.1, 0.15) is 5.56 Å². The van der Waals surface area contributed by atoms with Crippen LogP contribution >= 0.6 is 0 Å². The zero-order valence-electron chi connectivity index (χ0n) is 12.0. The molecule has 5 nitrogen and oxygen atoms in total. The lowest BCUT2D eigenvalue weighted by atomic mass is 10.2. The summed E-state index contributed by atoms with van der Waals surface area (Å²) in [5, 5.41) is 14.5. The summed E-state index contributed by atoms with van der Waals surface area (Å²) in [7, 11) is -1.42. The molecule has 0 aliphatic rings. The van der Waals surface area contributed by atoms with Crippen LogP contribution in [0.15, 0.2) is 41.3 Å². The Bertz CT molecular complexity index is 750. The van der Waals surface area contributed by atoms with Crippen LogP contribution < -0.4 is 10.6 Å². The van der Waals surface area contributed by atoms with E-state index in [4.69, 9.17) is 0 Å². The summed E-state index contributed by atoms with van der Waals surface area (Å²) in [5.41, 5.74) is 1.37. The second kappa shape index (κ2) is 6.57. The Kier molecular flexibility index (Phi) is 4.77. The summed E-state index contributed by atoms with van der Waals surface area (Å²) in [5.74, 6) is -0.504. The van der Waals surface area contributed by atoms with Gasteiger partial charge in [0.2, 0.25) is 0 Å². The molecule has 116 valence electrons. The standard InChI is InChI=1S/C15H15FN2O3S/c1-9-7-10(3-5-13(9)19)17-15(20)18-11-4-6-14(22(2)21)12(16)8-11/h3-8,19H,1-2H3,(H2,17,18,20). The van der Waals surface area contributed by atoms with E-state index >= 15 is 0 Å². The summed E-state index contributed by atoms with van der Waals surface area (Å²) in [6, 6.07) is 8.03. The van der Waals surface area contributed by atoms with Crippen LogP contribution in [0.2, 0.25) is 0 Å². The molecule has 0 saturated carbocycles. The summed E-state index contributed by atoms with van der Waals surface area (Å²) < 4.78 is 24.9. The molecular weight excluding hydrogens is 307 g/mol. The van der Waals surface area contributed by atoms with Crippen molar-refractivity contribution in [3.63, 3.8) is 0 Å². The molecule has 2 aromatic rings. The SMILES string of the molecule is Cc1cc(NC(=O)Nc2ccc(S(C)=O)c(F)c2)ccc1O. The van der Waals surface area contributed by atoms with E-state index in [0.717, 1.165) is 6.07 Å². The summed E-state index contributed by atoms with van der Waals surface area (Å²) >= 11 is 0. The minimum absolute atomic E-state index is 0.0834. The third kappa shape index (κ3) is 3.82. The maximum absolute atomic E-state index is 13.7. The number of hydrogen-bond acceptors (Lipinski definition) is 3. The highest BCUT2D eigenvalue weighted by molar-refractivity contribution is 7.84. The third-order valence-electron chi connectivity index (χ3n) is 2.95. The molecule has 0 spiro atoms. The van der Waals surface area contributed by atoms with E-state index < -0.39 is 22.6 Å². The molecule has 0 bridgehead atoms. The van der Waals surface area contributed by atoms with Crippen LogP contribution in [0, 0.1) is 12.7 Å². The molecule has 0 heterocycles. The Morgan fingerprint density at radius 2 is 1.73 bits per heavy atom. The largest absolute Gasteiger partial charge is 0.508 e. The van der Waals surface area contributed by atoms with Gasteiger partial charge in [0, 0.05) is 17.6 Å². The predicted octanol–water partition coefficient (Wildman–Crippen LogP) is 3.22. The van der Waals surface area contributed by atoms with Gasteiger partial charge in [-0.25, -0.2) is 9.18 Å². The number of carbonyl (C=O) groups excluding carboxylic acids is 1. The zero-order valence-corrected chi connectivity index (χ0v) is 12.8.